The Morgan fingerprint density at radius 3 is 2.39 bits per heavy atom. The van der Waals surface area contributed by atoms with Gasteiger partial charge in [-0.3, -0.25) is 29.4 Å². The van der Waals surface area contributed by atoms with Crippen molar-refractivity contribution in [3.05, 3.63) is 91.4 Å². The van der Waals surface area contributed by atoms with Gasteiger partial charge < -0.3 is 14.4 Å². The number of anilines is 1. The van der Waals surface area contributed by atoms with Crippen LogP contribution in [0, 0.1) is 10.1 Å². The molecule has 3 aromatic carbocycles. The summed E-state index contributed by atoms with van der Waals surface area (Å²) in [6.45, 7) is 0.0321. The maximum Gasteiger partial charge on any atom is 0.282 e. The lowest BCUT2D eigenvalue weighted by atomic mass is 9.86. The van der Waals surface area contributed by atoms with Crippen LogP contribution in [0.1, 0.15) is 32.3 Å². The van der Waals surface area contributed by atoms with E-state index in [-0.39, 0.29) is 28.0 Å². The average molecular weight is 526 g/mol. The Hall–Kier alpha value is -4.15. The van der Waals surface area contributed by atoms with Gasteiger partial charge in [0.1, 0.15) is 11.6 Å². The van der Waals surface area contributed by atoms with Crippen LogP contribution in [0.2, 0.25) is 10.0 Å². The minimum atomic E-state index is -1.26. The van der Waals surface area contributed by atoms with Crippen LogP contribution in [0.3, 0.4) is 0 Å². The first-order chi connectivity index (χ1) is 17.3. The van der Waals surface area contributed by atoms with Crippen molar-refractivity contribution in [2.75, 3.05) is 11.7 Å². The van der Waals surface area contributed by atoms with Gasteiger partial charge in [0.05, 0.1) is 26.6 Å². The Balaban J connectivity index is 1.46. The number of rotatable bonds is 4. The summed E-state index contributed by atoms with van der Waals surface area (Å²) >= 11 is 12.2. The second-order valence-electron chi connectivity index (χ2n) is 8.25. The second kappa shape index (κ2) is 7.94. The van der Waals surface area contributed by atoms with E-state index in [1.165, 1.54) is 29.2 Å². The molecule has 0 aliphatic carbocycles. The van der Waals surface area contributed by atoms with Gasteiger partial charge >= 0.3 is 0 Å². The first-order valence-electron chi connectivity index (χ1n) is 10.6. The zero-order valence-corrected chi connectivity index (χ0v) is 19.5. The number of nitro benzene ring substituents is 1. The molecule has 0 N–H and O–H groups in total. The van der Waals surface area contributed by atoms with E-state index in [0.29, 0.717) is 22.7 Å². The quantitative estimate of drug-likeness (QED) is 0.214. The van der Waals surface area contributed by atoms with E-state index in [1.54, 1.807) is 24.3 Å². The normalized spacial score (nSPS) is 20.0. The van der Waals surface area contributed by atoms with Gasteiger partial charge in [-0.1, -0.05) is 35.3 Å². The largest absolute Gasteiger partial charge is 0.454 e. The highest BCUT2D eigenvalue weighted by Crippen LogP contribution is 2.47. The summed E-state index contributed by atoms with van der Waals surface area (Å²) in [5.41, 5.74) is -0.00451. The minimum absolute atomic E-state index is 0.0321. The number of nitro groups is 1. The highest BCUT2D eigenvalue weighted by Gasteiger charge is 2.58. The molecule has 10 nitrogen and oxygen atoms in total. The summed E-state index contributed by atoms with van der Waals surface area (Å²) in [6, 6.07) is 11.4. The predicted molar refractivity (Wildman–Crippen MR) is 127 cm³/mol. The van der Waals surface area contributed by atoms with Crippen molar-refractivity contribution in [3.63, 3.8) is 0 Å². The Kier molecular flexibility index (Phi) is 4.92. The number of carbonyl (C=O) groups excluding carboxylic acids is 3. The van der Waals surface area contributed by atoms with Crippen LogP contribution in [0.5, 0.6) is 11.5 Å². The summed E-state index contributed by atoms with van der Waals surface area (Å²) < 4.78 is 10.8. The van der Waals surface area contributed by atoms with E-state index in [1.807, 2.05) is 0 Å². The fourth-order valence-electron chi connectivity index (χ4n) is 4.77. The van der Waals surface area contributed by atoms with Crippen LogP contribution in [-0.4, -0.2) is 40.4 Å². The first-order valence-corrected chi connectivity index (χ1v) is 11.4. The molecule has 12 heteroatoms. The van der Waals surface area contributed by atoms with E-state index in [9.17, 15) is 24.5 Å². The van der Waals surface area contributed by atoms with Gasteiger partial charge in [0.15, 0.2) is 11.5 Å². The van der Waals surface area contributed by atoms with Crippen molar-refractivity contribution in [1.29, 1.82) is 0 Å². The number of halogens is 2. The molecule has 0 aromatic heterocycles. The van der Waals surface area contributed by atoms with Crippen LogP contribution in [0.4, 0.5) is 11.4 Å². The SMILES string of the molecule is O=C1c2cccc([N+](=O)[O-])c2C(=O)N1[C@@H]1C(=O)N(c2ccc(Cl)c(Cl)c2)[C@H]1c1ccc2c(c1)OCO2. The van der Waals surface area contributed by atoms with E-state index >= 15 is 0 Å². The van der Waals surface area contributed by atoms with Gasteiger partial charge in [0.2, 0.25) is 6.79 Å². The summed E-state index contributed by atoms with van der Waals surface area (Å²) in [7, 11) is 0. The predicted octanol–water partition coefficient (Wildman–Crippen LogP) is 4.38. The Morgan fingerprint density at radius 1 is 0.861 bits per heavy atom. The number of hydrogen-bond acceptors (Lipinski definition) is 7. The molecule has 1 fully saturated rings. The lowest BCUT2D eigenvalue weighted by molar-refractivity contribution is -0.385. The van der Waals surface area contributed by atoms with Gasteiger partial charge in [0.25, 0.3) is 23.4 Å². The molecule has 180 valence electrons. The molecule has 1 saturated heterocycles. The average Bonchev–Trinajstić information content (AvgIpc) is 3.42. The van der Waals surface area contributed by atoms with Crippen molar-refractivity contribution in [1.82, 2.24) is 4.90 Å². The van der Waals surface area contributed by atoms with Crippen molar-refractivity contribution in [2.45, 2.75) is 12.1 Å². The number of imide groups is 1. The van der Waals surface area contributed by atoms with Gasteiger partial charge in [-0.25, -0.2) is 0 Å². The number of fused-ring (bicyclic) bond motifs is 2. The lowest BCUT2D eigenvalue weighted by Crippen LogP contribution is -2.67. The first kappa shape index (κ1) is 22.3. The number of ether oxygens (including phenoxy) is 2. The summed E-state index contributed by atoms with van der Waals surface area (Å²) in [4.78, 5) is 53.2. The van der Waals surface area contributed by atoms with E-state index in [2.05, 4.69) is 0 Å². The van der Waals surface area contributed by atoms with Gasteiger partial charge in [0, 0.05) is 11.8 Å². The number of hydrogen-bond donors (Lipinski definition) is 0. The summed E-state index contributed by atoms with van der Waals surface area (Å²) in [5.74, 6) is -1.29. The van der Waals surface area contributed by atoms with E-state index in [4.69, 9.17) is 32.7 Å². The Bertz CT molecular complexity index is 1530. The maximum atomic E-state index is 13.5. The standard InChI is InChI=1S/C24H13Cl2N3O7/c25-14-6-5-12(9-15(14)26)27-20(11-4-7-17-18(8-11)36-10-35-17)21(24(27)32)28-22(30)13-2-1-3-16(29(33)34)19(13)23(28)31/h1-9,20-21H,10H2/t20-,21-/m0/s1. The highest BCUT2D eigenvalue weighted by molar-refractivity contribution is 6.42. The van der Waals surface area contributed by atoms with E-state index < -0.39 is 40.4 Å². The number of benzene rings is 3. The zero-order valence-electron chi connectivity index (χ0n) is 18.0. The molecule has 0 saturated carbocycles. The molecule has 0 unspecified atom stereocenters. The highest BCUT2D eigenvalue weighted by atomic mass is 35.5. The summed E-state index contributed by atoms with van der Waals surface area (Å²) in [6.07, 6.45) is 0. The smallest absolute Gasteiger partial charge is 0.282 e. The second-order valence-corrected chi connectivity index (χ2v) is 9.06. The van der Waals surface area contributed by atoms with Crippen LogP contribution in [0.15, 0.2) is 54.6 Å². The lowest BCUT2D eigenvalue weighted by Gasteiger charge is -2.49. The molecule has 3 amide bonds. The van der Waals surface area contributed by atoms with Crippen molar-refractivity contribution in [3.8, 4) is 11.5 Å². The summed E-state index contributed by atoms with van der Waals surface area (Å²) in [5, 5.41) is 12.0. The Morgan fingerprint density at radius 2 is 1.64 bits per heavy atom. The molecular formula is C24H13Cl2N3O7. The molecule has 6 rings (SSSR count). The fraction of sp³-hybridized carbons (Fsp3) is 0.125. The number of β-lactam (4-membered cyclic amide) rings is 1. The monoisotopic (exact) mass is 525 g/mol. The van der Waals surface area contributed by atoms with Gasteiger partial charge in [-0.15, -0.1) is 0 Å². The molecule has 0 spiro atoms. The van der Waals surface area contributed by atoms with Crippen LogP contribution < -0.4 is 14.4 Å². The number of amides is 3. The van der Waals surface area contributed by atoms with Gasteiger partial charge in [-0.05, 0) is 42.0 Å². The van der Waals surface area contributed by atoms with Crippen LogP contribution >= 0.6 is 23.2 Å². The van der Waals surface area contributed by atoms with Crippen molar-refractivity contribution < 1.29 is 28.8 Å². The molecule has 3 aliphatic rings. The van der Waals surface area contributed by atoms with E-state index in [0.717, 1.165) is 11.0 Å². The van der Waals surface area contributed by atoms with Crippen molar-refractivity contribution in [2.24, 2.45) is 0 Å². The molecule has 3 heterocycles. The molecular weight excluding hydrogens is 513 g/mol. The molecule has 2 atom stereocenters. The van der Waals surface area contributed by atoms with Gasteiger partial charge in [-0.2, -0.15) is 0 Å². The number of nitrogens with zero attached hydrogens (tertiary/aromatic N) is 3. The third kappa shape index (κ3) is 3.08. The molecule has 0 radical (unpaired) electrons. The zero-order chi connectivity index (χ0) is 25.3. The minimum Gasteiger partial charge on any atom is -0.454 e. The molecule has 0 bridgehead atoms. The number of carbonyl (C=O) groups is 3. The van der Waals surface area contributed by atoms with Crippen LogP contribution in [0.25, 0.3) is 0 Å². The molecule has 36 heavy (non-hydrogen) atoms. The third-order valence-corrected chi connectivity index (χ3v) is 7.13. The molecule has 3 aliphatic heterocycles. The third-order valence-electron chi connectivity index (χ3n) is 6.39. The van der Waals surface area contributed by atoms with Crippen LogP contribution in [-0.2, 0) is 4.79 Å². The Labute approximate surface area is 212 Å². The van der Waals surface area contributed by atoms with Crippen molar-refractivity contribution >= 4 is 52.3 Å². The molecule has 3 aromatic rings. The fourth-order valence-corrected chi connectivity index (χ4v) is 5.06. The maximum absolute atomic E-state index is 13.5. The topological polar surface area (TPSA) is 119 Å².